The molecule has 0 fully saturated rings. The molecule has 0 unspecified atom stereocenters. The third-order valence-corrected chi connectivity index (χ3v) is 5.07. The molecule has 0 saturated carbocycles. The number of pyridine rings is 1. The Balaban J connectivity index is 2.11. The van der Waals surface area contributed by atoms with Gasteiger partial charge in [0.15, 0.2) is 5.82 Å². The number of hydrogen-bond acceptors (Lipinski definition) is 2. The summed E-state index contributed by atoms with van der Waals surface area (Å²) >= 11 is 12.0. The van der Waals surface area contributed by atoms with Crippen LogP contribution in [0.1, 0.15) is 41.4 Å². The molecule has 6 heteroatoms. The number of amides is 1. The number of aromatic nitrogens is 2. The molecule has 0 spiro atoms. The summed E-state index contributed by atoms with van der Waals surface area (Å²) in [6, 6.07) is 7.86. The molecule has 0 aliphatic rings. The second kappa shape index (κ2) is 7.75. The Morgan fingerprint density at radius 2 is 2.07 bits per heavy atom. The van der Waals surface area contributed by atoms with Crippen molar-refractivity contribution >= 4 is 45.8 Å². The van der Waals surface area contributed by atoms with Gasteiger partial charge in [-0.05, 0) is 42.2 Å². The van der Waals surface area contributed by atoms with E-state index >= 15 is 0 Å². The molecular weight excluding hydrogens is 381 g/mol. The fourth-order valence-electron chi connectivity index (χ4n) is 3.18. The summed E-state index contributed by atoms with van der Waals surface area (Å²) in [6.45, 7) is 10.6. The number of hydrogen-bond donors (Lipinski definition) is 1. The van der Waals surface area contributed by atoms with Crippen molar-refractivity contribution in [2.45, 2.75) is 33.2 Å². The molecule has 2 aromatic heterocycles. The van der Waals surface area contributed by atoms with Gasteiger partial charge < -0.3 is 9.88 Å². The molecule has 0 aliphatic carbocycles. The number of benzene rings is 1. The molecule has 0 saturated heterocycles. The van der Waals surface area contributed by atoms with Crippen LogP contribution in [-0.2, 0) is 6.54 Å². The molecule has 27 heavy (non-hydrogen) atoms. The number of fused-ring (bicyclic) bond motifs is 1. The van der Waals surface area contributed by atoms with Crippen molar-refractivity contribution in [1.29, 1.82) is 0 Å². The van der Waals surface area contributed by atoms with Gasteiger partial charge >= 0.3 is 0 Å². The van der Waals surface area contributed by atoms with E-state index in [1.807, 2.05) is 11.5 Å². The van der Waals surface area contributed by atoms with Crippen molar-refractivity contribution < 1.29 is 4.79 Å². The van der Waals surface area contributed by atoms with E-state index in [0.29, 0.717) is 28.2 Å². The number of rotatable bonds is 5. The van der Waals surface area contributed by atoms with Crippen molar-refractivity contribution in [2.75, 3.05) is 5.32 Å². The van der Waals surface area contributed by atoms with Crippen molar-refractivity contribution in [3.8, 4) is 0 Å². The number of nitrogens with zero attached hydrogens (tertiary/aromatic N) is 2. The maximum absolute atomic E-state index is 13.1. The lowest BCUT2D eigenvalue weighted by molar-refractivity contribution is 0.101. The first-order chi connectivity index (χ1) is 12.8. The second-order valence-corrected chi connectivity index (χ2v) is 7.59. The van der Waals surface area contributed by atoms with Crippen LogP contribution in [-0.4, -0.2) is 15.5 Å². The quantitative estimate of drug-likeness (QED) is 0.516. The second-order valence-electron chi connectivity index (χ2n) is 6.74. The van der Waals surface area contributed by atoms with E-state index in [-0.39, 0.29) is 11.7 Å². The number of carbonyl (C=O) groups excluding carboxylic acids is 1. The Hall–Kier alpha value is -2.30. The predicted octanol–water partition coefficient (Wildman–Crippen LogP) is 6.21. The smallest absolute Gasteiger partial charge is 0.273 e. The van der Waals surface area contributed by atoms with Gasteiger partial charge in [-0.25, -0.2) is 4.98 Å². The number of anilines is 1. The number of nitrogens with one attached hydrogen (secondary N) is 1. The maximum Gasteiger partial charge on any atom is 0.273 e. The first-order valence-corrected chi connectivity index (χ1v) is 9.45. The Labute approximate surface area is 168 Å². The van der Waals surface area contributed by atoms with E-state index < -0.39 is 0 Å². The summed E-state index contributed by atoms with van der Waals surface area (Å²) < 4.78 is 1.96. The van der Waals surface area contributed by atoms with Gasteiger partial charge in [-0.15, -0.1) is 6.58 Å². The van der Waals surface area contributed by atoms with Gasteiger partial charge in [0.25, 0.3) is 5.91 Å². The van der Waals surface area contributed by atoms with Crippen LogP contribution in [0.4, 0.5) is 5.82 Å². The van der Waals surface area contributed by atoms with Crippen LogP contribution in [0.25, 0.3) is 10.9 Å². The van der Waals surface area contributed by atoms with Gasteiger partial charge in [0, 0.05) is 23.6 Å². The molecular formula is C21H21Cl2N3O. The molecule has 2 heterocycles. The molecule has 1 amide bonds. The van der Waals surface area contributed by atoms with Gasteiger partial charge in [0.05, 0.1) is 10.0 Å². The Kier molecular flexibility index (Phi) is 5.59. The van der Waals surface area contributed by atoms with Crippen LogP contribution in [0.3, 0.4) is 0 Å². The highest BCUT2D eigenvalue weighted by molar-refractivity contribution is 6.36. The van der Waals surface area contributed by atoms with E-state index in [9.17, 15) is 4.79 Å². The Bertz CT molecular complexity index is 1040. The average Bonchev–Trinajstić information content (AvgIpc) is 2.89. The predicted molar refractivity (Wildman–Crippen MR) is 113 cm³/mol. The van der Waals surface area contributed by atoms with Crippen molar-refractivity contribution in [2.24, 2.45) is 0 Å². The number of aryl methyl sites for hydroxylation is 1. The number of allylic oxidation sites excluding steroid dienone is 1. The molecule has 3 rings (SSSR count). The molecule has 4 nitrogen and oxygen atoms in total. The van der Waals surface area contributed by atoms with Gasteiger partial charge in [0.2, 0.25) is 0 Å². The Morgan fingerprint density at radius 3 is 2.70 bits per heavy atom. The van der Waals surface area contributed by atoms with Crippen LogP contribution in [0.2, 0.25) is 10.0 Å². The van der Waals surface area contributed by atoms with Gasteiger partial charge in [-0.1, -0.05) is 49.2 Å². The SMILES string of the molecule is C=CCn1c(C(=O)Nc2ncc(Cl)cc2Cl)c(C)c2cc(C(C)C)ccc21. The summed E-state index contributed by atoms with van der Waals surface area (Å²) in [4.78, 5) is 17.2. The molecule has 1 N–H and O–H groups in total. The molecule has 3 aromatic rings. The number of carbonyl (C=O) groups is 1. The summed E-state index contributed by atoms with van der Waals surface area (Å²) in [5.41, 5.74) is 3.71. The lowest BCUT2D eigenvalue weighted by Gasteiger charge is -2.11. The third kappa shape index (κ3) is 3.73. The van der Waals surface area contributed by atoms with Crippen LogP contribution in [0.5, 0.6) is 0 Å². The fourth-order valence-corrected chi connectivity index (χ4v) is 3.61. The van der Waals surface area contributed by atoms with Crippen LogP contribution in [0.15, 0.2) is 43.1 Å². The zero-order chi connectivity index (χ0) is 19.7. The largest absolute Gasteiger partial charge is 0.332 e. The monoisotopic (exact) mass is 401 g/mol. The highest BCUT2D eigenvalue weighted by Crippen LogP contribution is 2.30. The molecule has 0 atom stereocenters. The lowest BCUT2D eigenvalue weighted by atomic mass is 10.0. The Morgan fingerprint density at radius 1 is 1.33 bits per heavy atom. The average molecular weight is 402 g/mol. The van der Waals surface area contributed by atoms with Gasteiger partial charge in [-0.2, -0.15) is 0 Å². The van der Waals surface area contributed by atoms with Gasteiger partial charge in [-0.3, -0.25) is 4.79 Å². The number of halogens is 2. The van der Waals surface area contributed by atoms with Gasteiger partial charge in [0.1, 0.15) is 5.69 Å². The summed E-state index contributed by atoms with van der Waals surface area (Å²) in [7, 11) is 0. The zero-order valence-corrected chi connectivity index (χ0v) is 17.0. The minimum Gasteiger partial charge on any atom is -0.332 e. The molecule has 0 bridgehead atoms. The maximum atomic E-state index is 13.1. The molecule has 140 valence electrons. The van der Waals surface area contributed by atoms with Crippen LogP contribution < -0.4 is 5.32 Å². The minimum absolute atomic E-state index is 0.270. The molecule has 0 aliphatic heterocycles. The summed E-state index contributed by atoms with van der Waals surface area (Å²) in [5, 5.41) is 4.56. The highest BCUT2D eigenvalue weighted by atomic mass is 35.5. The normalized spacial score (nSPS) is 11.2. The first-order valence-electron chi connectivity index (χ1n) is 8.69. The van der Waals surface area contributed by atoms with E-state index in [0.717, 1.165) is 16.5 Å². The summed E-state index contributed by atoms with van der Waals surface area (Å²) in [5.74, 6) is 0.419. The molecule has 1 aromatic carbocycles. The van der Waals surface area contributed by atoms with Crippen molar-refractivity contribution in [3.63, 3.8) is 0 Å². The van der Waals surface area contributed by atoms with E-state index in [1.165, 1.54) is 11.8 Å². The molecule has 0 radical (unpaired) electrons. The van der Waals surface area contributed by atoms with E-state index in [4.69, 9.17) is 23.2 Å². The first kappa shape index (κ1) is 19.5. The topological polar surface area (TPSA) is 46.9 Å². The minimum atomic E-state index is -0.270. The zero-order valence-electron chi connectivity index (χ0n) is 15.5. The highest BCUT2D eigenvalue weighted by Gasteiger charge is 2.21. The van der Waals surface area contributed by atoms with Crippen molar-refractivity contribution in [3.05, 3.63) is 70.0 Å². The van der Waals surface area contributed by atoms with E-state index in [2.05, 4.69) is 48.9 Å². The third-order valence-electron chi connectivity index (χ3n) is 4.57. The standard InChI is InChI=1S/C21H21Cl2N3O/c1-5-8-26-18-7-6-14(12(2)3)9-16(18)13(4)19(26)21(27)25-20-17(23)10-15(22)11-24-20/h5-7,9-12H,1,8H2,2-4H3,(H,24,25,27). The summed E-state index contributed by atoms with van der Waals surface area (Å²) in [6.07, 6.45) is 3.23. The van der Waals surface area contributed by atoms with Crippen LogP contribution >= 0.6 is 23.2 Å². The van der Waals surface area contributed by atoms with Crippen molar-refractivity contribution in [1.82, 2.24) is 9.55 Å². The van der Waals surface area contributed by atoms with E-state index in [1.54, 1.807) is 12.1 Å². The van der Waals surface area contributed by atoms with Crippen LogP contribution in [0, 0.1) is 6.92 Å². The lowest BCUT2D eigenvalue weighted by Crippen LogP contribution is -2.19. The fraction of sp³-hybridized carbons (Fsp3) is 0.238.